The SMILES string of the molecule is CCOCCC1(CNC(=NCc2nnc(C)n2C)NC2CCOc3ccccc32)CC1. The first-order valence-electron chi connectivity index (χ1n) is 11.3. The normalized spacial score (nSPS) is 19.5. The fraction of sp³-hybridized carbons (Fsp3) is 0.609. The number of rotatable bonds is 9. The van der Waals surface area contributed by atoms with Gasteiger partial charge in [-0.15, -0.1) is 10.2 Å². The van der Waals surface area contributed by atoms with Crippen molar-refractivity contribution in [2.75, 3.05) is 26.4 Å². The minimum absolute atomic E-state index is 0.163. The van der Waals surface area contributed by atoms with E-state index < -0.39 is 0 Å². The number of guanidine groups is 1. The molecule has 1 aromatic heterocycles. The summed E-state index contributed by atoms with van der Waals surface area (Å²) in [5.41, 5.74) is 1.50. The Bertz CT molecular complexity index is 905. The third-order valence-electron chi connectivity index (χ3n) is 6.40. The van der Waals surface area contributed by atoms with Crippen LogP contribution in [0.15, 0.2) is 29.3 Å². The molecule has 2 N–H and O–H groups in total. The van der Waals surface area contributed by atoms with Crippen molar-refractivity contribution in [2.45, 2.75) is 52.1 Å². The van der Waals surface area contributed by atoms with Gasteiger partial charge in [-0.2, -0.15) is 0 Å². The molecule has 1 aromatic carbocycles. The molecule has 2 aliphatic rings. The zero-order valence-corrected chi connectivity index (χ0v) is 18.9. The molecule has 1 atom stereocenters. The molecule has 0 saturated heterocycles. The van der Waals surface area contributed by atoms with E-state index in [0.29, 0.717) is 18.6 Å². The fourth-order valence-electron chi connectivity index (χ4n) is 3.94. The first-order chi connectivity index (χ1) is 15.1. The van der Waals surface area contributed by atoms with Crippen molar-refractivity contribution in [3.8, 4) is 5.75 Å². The third kappa shape index (κ3) is 5.36. The van der Waals surface area contributed by atoms with Crippen LogP contribution in [-0.4, -0.2) is 47.1 Å². The predicted molar refractivity (Wildman–Crippen MR) is 120 cm³/mol. The first kappa shape index (κ1) is 21.6. The third-order valence-corrected chi connectivity index (χ3v) is 6.40. The highest BCUT2D eigenvalue weighted by Gasteiger charge is 2.42. The van der Waals surface area contributed by atoms with Gasteiger partial charge in [0.25, 0.3) is 0 Å². The van der Waals surface area contributed by atoms with E-state index >= 15 is 0 Å². The van der Waals surface area contributed by atoms with Gasteiger partial charge in [0.05, 0.1) is 12.6 Å². The molecule has 0 bridgehead atoms. The Morgan fingerprint density at radius 1 is 1.32 bits per heavy atom. The second-order valence-corrected chi connectivity index (χ2v) is 8.56. The van der Waals surface area contributed by atoms with Crippen LogP contribution in [0.4, 0.5) is 0 Å². The van der Waals surface area contributed by atoms with Gasteiger partial charge in [-0.05, 0) is 44.6 Å². The van der Waals surface area contributed by atoms with Gasteiger partial charge >= 0.3 is 0 Å². The molecule has 2 aromatic rings. The zero-order valence-electron chi connectivity index (χ0n) is 18.9. The highest BCUT2D eigenvalue weighted by atomic mass is 16.5. The summed E-state index contributed by atoms with van der Waals surface area (Å²) in [6, 6.07) is 8.39. The molecule has 31 heavy (non-hydrogen) atoms. The smallest absolute Gasteiger partial charge is 0.192 e. The summed E-state index contributed by atoms with van der Waals surface area (Å²) >= 11 is 0. The number of aliphatic imine (C=N–C) groups is 1. The predicted octanol–water partition coefficient (Wildman–Crippen LogP) is 2.89. The Hall–Kier alpha value is -2.61. The van der Waals surface area contributed by atoms with E-state index in [1.807, 2.05) is 37.6 Å². The number of fused-ring (bicyclic) bond motifs is 1. The van der Waals surface area contributed by atoms with Crippen molar-refractivity contribution in [1.29, 1.82) is 0 Å². The molecule has 1 aliphatic carbocycles. The topological polar surface area (TPSA) is 85.6 Å². The summed E-state index contributed by atoms with van der Waals surface area (Å²) in [6.45, 7) is 7.67. The van der Waals surface area contributed by atoms with Crippen molar-refractivity contribution in [3.63, 3.8) is 0 Å². The van der Waals surface area contributed by atoms with Crippen LogP contribution in [0.2, 0.25) is 0 Å². The van der Waals surface area contributed by atoms with Crippen LogP contribution < -0.4 is 15.4 Å². The minimum atomic E-state index is 0.163. The Labute approximate surface area is 184 Å². The highest BCUT2D eigenvalue weighted by Crippen LogP contribution is 2.48. The van der Waals surface area contributed by atoms with E-state index in [2.05, 4.69) is 33.0 Å². The molecule has 8 heteroatoms. The van der Waals surface area contributed by atoms with Crippen molar-refractivity contribution in [2.24, 2.45) is 17.5 Å². The number of benzene rings is 1. The van der Waals surface area contributed by atoms with Gasteiger partial charge in [-0.1, -0.05) is 18.2 Å². The molecule has 0 spiro atoms. The number of hydrogen-bond acceptors (Lipinski definition) is 5. The van der Waals surface area contributed by atoms with E-state index in [9.17, 15) is 0 Å². The van der Waals surface area contributed by atoms with Gasteiger partial charge in [-0.3, -0.25) is 0 Å². The molecule has 4 rings (SSSR count). The first-order valence-corrected chi connectivity index (χ1v) is 11.3. The lowest BCUT2D eigenvalue weighted by Crippen LogP contribution is -2.43. The molecular formula is C23H34N6O2. The quantitative estimate of drug-likeness (QED) is 0.364. The standard InChI is InChI=1S/C23H34N6O2/c1-4-30-14-12-23(10-11-23)16-25-22(24-15-21-28-27-17(2)29(21)3)26-19-9-13-31-20-8-6-5-7-18(19)20/h5-8,19H,4,9-16H2,1-3H3,(H2,24,25,26). The molecule has 0 radical (unpaired) electrons. The lowest BCUT2D eigenvalue weighted by Gasteiger charge is -2.28. The van der Waals surface area contributed by atoms with Gasteiger partial charge in [0.15, 0.2) is 11.8 Å². The second kappa shape index (κ2) is 9.68. The van der Waals surface area contributed by atoms with Crippen molar-refractivity contribution < 1.29 is 9.47 Å². The van der Waals surface area contributed by atoms with E-state index in [1.165, 1.54) is 18.4 Å². The number of ether oxygens (including phenoxy) is 2. The highest BCUT2D eigenvalue weighted by molar-refractivity contribution is 5.80. The summed E-state index contributed by atoms with van der Waals surface area (Å²) in [6.07, 6.45) is 4.46. The van der Waals surface area contributed by atoms with Crippen LogP contribution in [0.1, 0.15) is 55.9 Å². The number of nitrogens with one attached hydrogen (secondary N) is 2. The molecular weight excluding hydrogens is 392 g/mol. The lowest BCUT2D eigenvalue weighted by molar-refractivity contribution is 0.128. The second-order valence-electron chi connectivity index (χ2n) is 8.56. The van der Waals surface area contributed by atoms with Crippen LogP contribution in [-0.2, 0) is 18.3 Å². The molecule has 1 fully saturated rings. The van der Waals surface area contributed by atoms with Crippen LogP contribution in [0.3, 0.4) is 0 Å². The van der Waals surface area contributed by atoms with E-state index in [-0.39, 0.29) is 6.04 Å². The summed E-state index contributed by atoms with van der Waals surface area (Å²) in [5, 5.41) is 15.7. The average molecular weight is 427 g/mol. The number of hydrogen-bond donors (Lipinski definition) is 2. The average Bonchev–Trinajstić information content (AvgIpc) is 3.49. The summed E-state index contributed by atoms with van der Waals surface area (Å²) in [5.74, 6) is 3.50. The largest absolute Gasteiger partial charge is 0.493 e. The molecule has 168 valence electrons. The minimum Gasteiger partial charge on any atom is -0.493 e. The molecule has 1 saturated carbocycles. The maximum absolute atomic E-state index is 5.83. The summed E-state index contributed by atoms with van der Waals surface area (Å²) in [4.78, 5) is 4.86. The summed E-state index contributed by atoms with van der Waals surface area (Å²) < 4.78 is 13.4. The van der Waals surface area contributed by atoms with Gasteiger partial charge in [-0.25, -0.2) is 4.99 Å². The number of aromatic nitrogens is 3. The van der Waals surface area contributed by atoms with E-state index in [4.69, 9.17) is 14.5 Å². The number of para-hydroxylation sites is 1. The van der Waals surface area contributed by atoms with Gasteiger partial charge in [0.1, 0.15) is 18.1 Å². The van der Waals surface area contributed by atoms with Crippen LogP contribution in [0.25, 0.3) is 0 Å². The van der Waals surface area contributed by atoms with Gasteiger partial charge in [0, 0.05) is 38.8 Å². The Morgan fingerprint density at radius 2 is 2.16 bits per heavy atom. The van der Waals surface area contributed by atoms with Gasteiger partial charge in [0.2, 0.25) is 0 Å². The molecule has 1 aliphatic heterocycles. The monoisotopic (exact) mass is 426 g/mol. The molecule has 8 nitrogen and oxygen atoms in total. The molecule has 2 heterocycles. The zero-order chi connectivity index (χ0) is 21.7. The van der Waals surface area contributed by atoms with Crippen LogP contribution in [0.5, 0.6) is 5.75 Å². The van der Waals surface area contributed by atoms with Crippen LogP contribution in [0, 0.1) is 12.3 Å². The van der Waals surface area contributed by atoms with Crippen LogP contribution >= 0.6 is 0 Å². The maximum Gasteiger partial charge on any atom is 0.192 e. The van der Waals surface area contributed by atoms with Gasteiger partial charge < -0.3 is 24.7 Å². The van der Waals surface area contributed by atoms with E-state index in [0.717, 1.165) is 56.0 Å². The van der Waals surface area contributed by atoms with E-state index in [1.54, 1.807) is 0 Å². The Kier molecular flexibility index (Phi) is 6.75. The van der Waals surface area contributed by atoms with Crippen molar-refractivity contribution in [1.82, 2.24) is 25.4 Å². The lowest BCUT2D eigenvalue weighted by atomic mass is 10.0. The number of aryl methyl sites for hydroxylation is 1. The molecule has 0 amide bonds. The van der Waals surface area contributed by atoms with Crippen molar-refractivity contribution in [3.05, 3.63) is 41.5 Å². The summed E-state index contributed by atoms with van der Waals surface area (Å²) in [7, 11) is 1.97. The fourth-order valence-corrected chi connectivity index (χ4v) is 3.94. The van der Waals surface area contributed by atoms with Crippen molar-refractivity contribution >= 4 is 5.96 Å². The number of nitrogens with zero attached hydrogens (tertiary/aromatic N) is 4. The molecule has 1 unspecified atom stereocenters. The Morgan fingerprint density at radius 3 is 2.90 bits per heavy atom. The Balaban J connectivity index is 1.46. The maximum atomic E-state index is 5.83.